The largest absolute Gasteiger partial charge is 0.493 e. The number of carbonyl (C=O) groups is 3. The molecule has 0 radical (unpaired) electrons. The first-order valence-electron chi connectivity index (χ1n) is 7.89. The van der Waals surface area contributed by atoms with Gasteiger partial charge in [0.1, 0.15) is 13.2 Å². The van der Waals surface area contributed by atoms with Gasteiger partial charge in [-0.05, 0) is 23.8 Å². The molecule has 0 N–H and O–H groups in total. The predicted molar refractivity (Wildman–Crippen MR) is 96.3 cm³/mol. The summed E-state index contributed by atoms with van der Waals surface area (Å²) >= 11 is 0. The lowest BCUT2D eigenvalue weighted by molar-refractivity contribution is -0.148. The Hall–Kier alpha value is -3.29. The summed E-state index contributed by atoms with van der Waals surface area (Å²) in [4.78, 5) is 34.3. The number of ether oxygens (including phenoxy) is 5. The molecule has 8 nitrogen and oxygen atoms in total. The van der Waals surface area contributed by atoms with Crippen LogP contribution in [0, 0.1) is 0 Å². The SMILES string of the molecule is C=C(CC(=O)OC)C(=O)OCCOC(=O)/C=C/c1ccc(OC)c(OC)c1. The normalized spacial score (nSPS) is 10.2. The summed E-state index contributed by atoms with van der Waals surface area (Å²) in [5.74, 6) is -0.838. The molecule has 0 aliphatic rings. The highest BCUT2D eigenvalue weighted by molar-refractivity contribution is 5.93. The summed E-state index contributed by atoms with van der Waals surface area (Å²) < 4.78 is 24.5. The Kier molecular flexibility index (Phi) is 9.14. The van der Waals surface area contributed by atoms with Gasteiger partial charge in [0.05, 0.1) is 27.8 Å². The second kappa shape index (κ2) is 11.3. The molecule has 0 saturated heterocycles. The molecule has 0 amide bonds. The van der Waals surface area contributed by atoms with Crippen molar-refractivity contribution in [3.05, 3.63) is 42.0 Å². The molecular formula is C19H22O8. The van der Waals surface area contributed by atoms with Gasteiger partial charge >= 0.3 is 17.9 Å². The first-order chi connectivity index (χ1) is 12.9. The Morgan fingerprint density at radius 3 is 2.30 bits per heavy atom. The Balaban J connectivity index is 2.39. The van der Waals surface area contributed by atoms with Crippen LogP contribution in [0.25, 0.3) is 6.08 Å². The number of esters is 3. The van der Waals surface area contributed by atoms with Crippen LogP contribution in [-0.2, 0) is 28.6 Å². The lowest BCUT2D eigenvalue weighted by Gasteiger charge is -2.08. The van der Waals surface area contributed by atoms with Gasteiger partial charge < -0.3 is 23.7 Å². The molecule has 0 unspecified atom stereocenters. The Labute approximate surface area is 157 Å². The second-order valence-electron chi connectivity index (χ2n) is 5.11. The molecule has 0 spiro atoms. The smallest absolute Gasteiger partial charge is 0.334 e. The Morgan fingerprint density at radius 2 is 1.67 bits per heavy atom. The van der Waals surface area contributed by atoms with E-state index < -0.39 is 17.9 Å². The van der Waals surface area contributed by atoms with Crippen molar-refractivity contribution in [2.45, 2.75) is 6.42 Å². The van der Waals surface area contributed by atoms with Crippen molar-refractivity contribution in [3.8, 4) is 11.5 Å². The summed E-state index contributed by atoms with van der Waals surface area (Å²) in [6.45, 7) is 3.14. The van der Waals surface area contributed by atoms with Gasteiger partial charge in [-0.1, -0.05) is 12.6 Å². The number of carbonyl (C=O) groups excluding carboxylic acids is 3. The average molecular weight is 378 g/mol. The average Bonchev–Trinajstić information content (AvgIpc) is 2.68. The minimum atomic E-state index is -0.752. The fraction of sp³-hybridized carbons (Fsp3) is 0.316. The van der Waals surface area contributed by atoms with Gasteiger partial charge in [0, 0.05) is 11.6 Å². The molecule has 1 rings (SSSR count). The van der Waals surface area contributed by atoms with Crippen LogP contribution in [-0.4, -0.2) is 52.5 Å². The number of rotatable bonds is 10. The molecule has 0 aromatic heterocycles. The summed E-state index contributed by atoms with van der Waals surface area (Å²) in [5.41, 5.74) is 0.677. The van der Waals surface area contributed by atoms with E-state index in [-0.39, 0.29) is 25.2 Å². The molecule has 146 valence electrons. The monoisotopic (exact) mass is 378 g/mol. The van der Waals surface area contributed by atoms with E-state index >= 15 is 0 Å². The van der Waals surface area contributed by atoms with Crippen molar-refractivity contribution >= 4 is 24.0 Å². The fourth-order valence-electron chi connectivity index (χ4n) is 1.87. The zero-order valence-corrected chi connectivity index (χ0v) is 15.5. The Bertz CT molecular complexity index is 720. The summed E-state index contributed by atoms with van der Waals surface area (Å²) in [7, 11) is 4.25. The molecule has 0 bridgehead atoms. The molecule has 0 atom stereocenters. The van der Waals surface area contributed by atoms with Gasteiger partial charge in [0.2, 0.25) is 0 Å². The highest BCUT2D eigenvalue weighted by Gasteiger charge is 2.13. The van der Waals surface area contributed by atoms with Crippen LogP contribution in [0.5, 0.6) is 11.5 Å². The molecule has 1 aromatic rings. The van der Waals surface area contributed by atoms with Crippen molar-refractivity contribution in [3.63, 3.8) is 0 Å². The zero-order chi connectivity index (χ0) is 20.2. The lowest BCUT2D eigenvalue weighted by Crippen LogP contribution is -2.15. The van der Waals surface area contributed by atoms with Gasteiger partial charge in [0.15, 0.2) is 11.5 Å². The zero-order valence-electron chi connectivity index (χ0n) is 15.5. The highest BCUT2D eigenvalue weighted by Crippen LogP contribution is 2.27. The van der Waals surface area contributed by atoms with E-state index in [0.29, 0.717) is 11.5 Å². The van der Waals surface area contributed by atoms with E-state index in [0.717, 1.165) is 5.56 Å². The van der Waals surface area contributed by atoms with Crippen LogP contribution in [0.4, 0.5) is 0 Å². The van der Waals surface area contributed by atoms with Crippen LogP contribution in [0.15, 0.2) is 36.4 Å². The third kappa shape index (κ3) is 7.64. The van der Waals surface area contributed by atoms with E-state index in [1.807, 2.05) is 0 Å². The number of benzene rings is 1. The second-order valence-corrected chi connectivity index (χ2v) is 5.11. The van der Waals surface area contributed by atoms with Gasteiger partial charge in [-0.25, -0.2) is 9.59 Å². The van der Waals surface area contributed by atoms with E-state index in [9.17, 15) is 14.4 Å². The number of hydrogen-bond acceptors (Lipinski definition) is 8. The summed E-state index contributed by atoms with van der Waals surface area (Å²) in [5, 5.41) is 0. The molecule has 0 heterocycles. The minimum Gasteiger partial charge on any atom is -0.493 e. The van der Waals surface area contributed by atoms with Crippen LogP contribution in [0.3, 0.4) is 0 Å². The quantitative estimate of drug-likeness (QED) is 0.264. The first-order valence-corrected chi connectivity index (χ1v) is 7.89. The van der Waals surface area contributed by atoms with E-state index in [1.165, 1.54) is 27.4 Å². The van der Waals surface area contributed by atoms with Gasteiger partial charge in [-0.3, -0.25) is 4.79 Å². The third-order valence-corrected chi connectivity index (χ3v) is 3.25. The molecule has 0 saturated carbocycles. The molecule has 0 aliphatic heterocycles. The highest BCUT2D eigenvalue weighted by atomic mass is 16.6. The Morgan fingerprint density at radius 1 is 1.00 bits per heavy atom. The predicted octanol–water partition coefficient (Wildman–Crippen LogP) is 1.92. The third-order valence-electron chi connectivity index (χ3n) is 3.25. The number of hydrogen-bond donors (Lipinski definition) is 0. The maximum absolute atomic E-state index is 11.7. The van der Waals surface area contributed by atoms with Crippen LogP contribution < -0.4 is 9.47 Å². The van der Waals surface area contributed by atoms with Gasteiger partial charge in [-0.15, -0.1) is 0 Å². The van der Waals surface area contributed by atoms with Crippen molar-refractivity contribution in [1.29, 1.82) is 0 Å². The van der Waals surface area contributed by atoms with Gasteiger partial charge in [-0.2, -0.15) is 0 Å². The fourth-order valence-corrected chi connectivity index (χ4v) is 1.87. The van der Waals surface area contributed by atoms with E-state index in [1.54, 1.807) is 24.3 Å². The molecule has 27 heavy (non-hydrogen) atoms. The minimum absolute atomic E-state index is 0.0403. The standard InChI is InChI=1S/C19H22O8/c1-13(11-18(21)25-4)19(22)27-10-9-26-17(20)8-6-14-5-7-15(23-2)16(12-14)24-3/h5-8,12H,1,9-11H2,2-4H3/b8-6+. The van der Waals surface area contributed by atoms with Crippen molar-refractivity contribution in [1.82, 2.24) is 0 Å². The van der Waals surface area contributed by atoms with Crippen molar-refractivity contribution in [2.24, 2.45) is 0 Å². The van der Waals surface area contributed by atoms with E-state index in [4.69, 9.17) is 18.9 Å². The van der Waals surface area contributed by atoms with Crippen LogP contribution in [0.1, 0.15) is 12.0 Å². The molecule has 1 aromatic carbocycles. The van der Waals surface area contributed by atoms with Crippen LogP contribution >= 0.6 is 0 Å². The first kappa shape index (κ1) is 21.8. The summed E-state index contributed by atoms with van der Waals surface area (Å²) in [6, 6.07) is 5.17. The maximum atomic E-state index is 11.7. The molecular weight excluding hydrogens is 356 g/mol. The van der Waals surface area contributed by atoms with E-state index in [2.05, 4.69) is 11.3 Å². The van der Waals surface area contributed by atoms with Crippen LogP contribution in [0.2, 0.25) is 0 Å². The molecule has 8 heteroatoms. The maximum Gasteiger partial charge on any atom is 0.334 e. The van der Waals surface area contributed by atoms with Gasteiger partial charge in [0.25, 0.3) is 0 Å². The van der Waals surface area contributed by atoms with Crippen molar-refractivity contribution in [2.75, 3.05) is 34.5 Å². The lowest BCUT2D eigenvalue weighted by atomic mass is 10.2. The molecule has 0 aliphatic carbocycles. The summed E-state index contributed by atoms with van der Waals surface area (Å²) in [6.07, 6.45) is 2.52. The topological polar surface area (TPSA) is 97.4 Å². The molecule has 0 fully saturated rings. The van der Waals surface area contributed by atoms with Crippen molar-refractivity contribution < 1.29 is 38.1 Å². The number of methoxy groups -OCH3 is 3.